The third-order valence-electron chi connectivity index (χ3n) is 4.98. The van der Waals surface area contributed by atoms with E-state index in [2.05, 4.69) is 41.6 Å². The summed E-state index contributed by atoms with van der Waals surface area (Å²) in [7, 11) is 0. The molecule has 0 radical (unpaired) electrons. The Balaban J connectivity index is 1.21. The number of rotatable bonds is 3. The average Bonchev–Trinajstić information content (AvgIpc) is 3.37. The van der Waals surface area contributed by atoms with Crippen molar-refractivity contribution in [3.05, 3.63) is 57.9 Å². The number of hydrogen-bond donors (Lipinski definition) is 1. The molecule has 3 aromatic rings. The molecule has 0 spiro atoms. The Morgan fingerprint density at radius 1 is 1.21 bits per heavy atom. The third-order valence-corrected chi connectivity index (χ3v) is 5.74. The van der Waals surface area contributed by atoms with Crippen LogP contribution in [0.1, 0.15) is 17.3 Å². The van der Waals surface area contributed by atoms with Gasteiger partial charge >= 0.3 is 0 Å². The fourth-order valence-corrected chi connectivity index (χ4v) is 4.24. The molecule has 140 valence electrons. The van der Waals surface area contributed by atoms with Gasteiger partial charge in [-0.05, 0) is 23.6 Å². The van der Waals surface area contributed by atoms with Gasteiger partial charge in [-0.2, -0.15) is 0 Å². The van der Waals surface area contributed by atoms with E-state index in [0.717, 1.165) is 61.0 Å². The number of fused-ring (bicyclic) bond motifs is 1. The highest BCUT2D eigenvalue weighted by Crippen LogP contribution is 2.23. The summed E-state index contributed by atoms with van der Waals surface area (Å²) in [6.45, 7) is 4.41. The summed E-state index contributed by atoms with van der Waals surface area (Å²) in [5, 5.41) is 3.14. The lowest BCUT2D eigenvalue weighted by Crippen LogP contribution is -2.38. The smallest absolute Gasteiger partial charge is 0.183 e. The van der Waals surface area contributed by atoms with Crippen molar-refractivity contribution >= 4 is 28.7 Å². The van der Waals surface area contributed by atoms with Crippen LogP contribution >= 0.6 is 11.3 Å². The predicted molar refractivity (Wildman–Crippen MR) is 112 cm³/mol. The van der Waals surface area contributed by atoms with Gasteiger partial charge in [0, 0.05) is 43.3 Å². The maximum Gasteiger partial charge on any atom is 0.183 e. The zero-order valence-corrected chi connectivity index (χ0v) is 16.2. The number of aromatic nitrogens is 3. The first-order valence-corrected chi connectivity index (χ1v) is 10.2. The summed E-state index contributed by atoms with van der Waals surface area (Å²) in [6.07, 6.45) is 4.81. The first kappa shape index (κ1) is 17.2. The van der Waals surface area contributed by atoms with E-state index >= 15 is 0 Å². The lowest BCUT2D eigenvalue weighted by Gasteiger charge is -2.33. The molecule has 28 heavy (non-hydrogen) atoms. The molecule has 0 fully saturated rings. The molecule has 2 aliphatic rings. The van der Waals surface area contributed by atoms with Gasteiger partial charge in [-0.25, -0.2) is 15.0 Å². The number of nitrogens with one attached hydrogen (secondary N) is 1. The van der Waals surface area contributed by atoms with Crippen molar-refractivity contribution in [1.29, 1.82) is 0 Å². The van der Waals surface area contributed by atoms with Gasteiger partial charge in [0.25, 0.3) is 0 Å². The second kappa shape index (κ2) is 7.58. The number of thiazole rings is 1. The summed E-state index contributed by atoms with van der Waals surface area (Å²) in [6, 6.07) is 8.01. The van der Waals surface area contributed by atoms with Crippen LogP contribution in [0.5, 0.6) is 0 Å². The van der Waals surface area contributed by atoms with Gasteiger partial charge in [-0.15, -0.1) is 11.3 Å². The van der Waals surface area contributed by atoms with Gasteiger partial charge in [-0.1, -0.05) is 18.1 Å². The highest BCUT2D eigenvalue weighted by Gasteiger charge is 2.22. The summed E-state index contributed by atoms with van der Waals surface area (Å²) in [5.41, 5.74) is 4.63. The number of hydrogen-bond acceptors (Lipinski definition) is 6. The van der Waals surface area contributed by atoms with Crippen LogP contribution in [0.4, 0.5) is 0 Å². The van der Waals surface area contributed by atoms with Crippen LogP contribution in [0.3, 0.4) is 0 Å². The first-order chi connectivity index (χ1) is 13.8. The van der Waals surface area contributed by atoms with Crippen molar-refractivity contribution < 1.29 is 0 Å². The Bertz CT molecular complexity index is 1070. The minimum atomic E-state index is 0.731. The van der Waals surface area contributed by atoms with Crippen molar-refractivity contribution in [2.75, 3.05) is 26.2 Å². The quantitative estimate of drug-likeness (QED) is 0.701. The number of imidazole rings is 1. The first-order valence-electron chi connectivity index (χ1n) is 9.37. The zero-order valence-electron chi connectivity index (χ0n) is 15.4. The van der Waals surface area contributed by atoms with Crippen LogP contribution in [0.2, 0.25) is 0 Å². The maximum absolute atomic E-state index is 4.68. The Morgan fingerprint density at radius 2 is 2.18 bits per heavy atom. The van der Waals surface area contributed by atoms with Crippen molar-refractivity contribution in [3.8, 4) is 11.8 Å². The van der Waals surface area contributed by atoms with E-state index in [9.17, 15) is 0 Å². The molecule has 2 aliphatic heterocycles. The van der Waals surface area contributed by atoms with E-state index in [1.807, 2.05) is 42.2 Å². The second-order valence-electron chi connectivity index (χ2n) is 6.99. The van der Waals surface area contributed by atoms with Crippen molar-refractivity contribution in [1.82, 2.24) is 24.8 Å². The van der Waals surface area contributed by atoms with Crippen molar-refractivity contribution in [3.63, 3.8) is 0 Å². The van der Waals surface area contributed by atoms with E-state index in [1.54, 1.807) is 11.3 Å². The van der Waals surface area contributed by atoms with E-state index in [-0.39, 0.29) is 0 Å². The average molecular weight is 389 g/mol. The topological polar surface area (TPSA) is 60.4 Å². The Labute approximate surface area is 167 Å². The fourth-order valence-electron chi connectivity index (χ4n) is 3.60. The minimum Gasteiger partial charge on any atom is -0.352 e. The summed E-state index contributed by atoms with van der Waals surface area (Å²) >= 11 is 1.69. The lowest BCUT2D eigenvalue weighted by atomic mass is 10.0. The predicted octanol–water partition coefficient (Wildman–Crippen LogP) is 2.87. The summed E-state index contributed by atoms with van der Waals surface area (Å²) in [5.74, 6) is 7.18. The molecule has 0 amide bonds. The molecular weight excluding hydrogens is 368 g/mol. The van der Waals surface area contributed by atoms with Gasteiger partial charge in [0.2, 0.25) is 0 Å². The normalized spacial score (nSPS) is 16.9. The molecule has 0 saturated carbocycles. The maximum atomic E-state index is 4.68. The van der Waals surface area contributed by atoms with E-state index < -0.39 is 0 Å². The highest BCUT2D eigenvalue weighted by atomic mass is 32.1. The molecule has 5 rings (SSSR count). The highest BCUT2D eigenvalue weighted by molar-refractivity contribution is 7.09. The van der Waals surface area contributed by atoms with Gasteiger partial charge in [0.15, 0.2) is 5.82 Å². The molecule has 6 nitrogen and oxygen atoms in total. The SMILES string of the molecule is C(#Cc1nc2ccccc2[nH]1)CN1CCC2=C(CN(Cc3nccs3)C=N2)C1. The van der Waals surface area contributed by atoms with Gasteiger partial charge < -0.3 is 9.88 Å². The molecule has 7 heteroatoms. The standard InChI is InChI=1S/C21H20N6S/c1-2-5-19-18(4-1)24-20(25-19)6-3-9-26-10-7-17-16(12-26)13-27(15-23-17)14-21-22-8-11-28-21/h1-2,4-5,8,11,15H,7,9-10,12-14H2,(H,24,25). The molecule has 0 aliphatic carbocycles. The summed E-state index contributed by atoms with van der Waals surface area (Å²) in [4.78, 5) is 21.5. The number of aliphatic imine (C=N–C) groups is 1. The van der Waals surface area contributed by atoms with Crippen molar-refractivity contribution in [2.24, 2.45) is 4.99 Å². The molecule has 0 bridgehead atoms. The van der Waals surface area contributed by atoms with Crippen LogP contribution in [-0.4, -0.2) is 57.3 Å². The Morgan fingerprint density at radius 3 is 3.07 bits per heavy atom. The third kappa shape index (κ3) is 3.70. The van der Waals surface area contributed by atoms with Gasteiger partial charge in [0.1, 0.15) is 5.01 Å². The Kier molecular flexibility index (Phi) is 4.65. The molecule has 1 N–H and O–H groups in total. The van der Waals surface area contributed by atoms with E-state index in [1.165, 1.54) is 11.3 Å². The molecule has 0 atom stereocenters. The van der Waals surface area contributed by atoms with Crippen LogP contribution in [0.25, 0.3) is 11.0 Å². The monoisotopic (exact) mass is 388 g/mol. The van der Waals surface area contributed by atoms with Crippen LogP contribution in [0, 0.1) is 11.8 Å². The number of aromatic amines is 1. The number of H-pyrrole nitrogens is 1. The van der Waals surface area contributed by atoms with Gasteiger partial charge in [0.05, 0.1) is 30.5 Å². The fraction of sp³-hybridized carbons (Fsp3) is 0.286. The molecule has 2 aromatic heterocycles. The van der Waals surface area contributed by atoms with Gasteiger partial charge in [-0.3, -0.25) is 4.90 Å². The molecular formula is C21H20N6S. The zero-order chi connectivity index (χ0) is 18.8. The van der Waals surface area contributed by atoms with E-state index in [0.29, 0.717) is 0 Å². The van der Waals surface area contributed by atoms with Crippen LogP contribution < -0.4 is 0 Å². The number of para-hydroxylation sites is 2. The molecule has 4 heterocycles. The second-order valence-corrected chi connectivity index (χ2v) is 7.97. The molecule has 0 saturated heterocycles. The van der Waals surface area contributed by atoms with Crippen LogP contribution in [0.15, 0.2) is 52.1 Å². The lowest BCUT2D eigenvalue weighted by molar-refractivity contribution is 0.300. The van der Waals surface area contributed by atoms with Crippen molar-refractivity contribution in [2.45, 2.75) is 13.0 Å². The number of benzene rings is 1. The largest absolute Gasteiger partial charge is 0.352 e. The number of nitrogens with zero attached hydrogens (tertiary/aromatic N) is 5. The molecule has 1 aromatic carbocycles. The van der Waals surface area contributed by atoms with E-state index in [4.69, 9.17) is 0 Å². The molecule has 0 unspecified atom stereocenters. The minimum absolute atomic E-state index is 0.731. The Hall–Kier alpha value is -2.95. The summed E-state index contributed by atoms with van der Waals surface area (Å²) < 4.78 is 0. The van der Waals surface area contributed by atoms with Crippen LogP contribution in [-0.2, 0) is 6.54 Å².